The van der Waals surface area contributed by atoms with Crippen LogP contribution in [0.25, 0.3) is 0 Å². The number of nitrogens with zero attached hydrogens (tertiary/aromatic N) is 1. The Kier molecular flexibility index (Phi) is 6.42. The van der Waals surface area contributed by atoms with E-state index in [4.69, 9.17) is 11.6 Å². The molecular weight excluding hydrogens is 356 g/mol. The lowest BCUT2D eigenvalue weighted by molar-refractivity contribution is 0.0925. The lowest BCUT2D eigenvalue weighted by atomic mass is 9.86. The summed E-state index contributed by atoms with van der Waals surface area (Å²) in [5.74, 6) is 0. The molecule has 0 aliphatic heterocycles. The summed E-state index contributed by atoms with van der Waals surface area (Å²) in [4.78, 5) is 2.76. The Labute approximate surface area is 157 Å². The van der Waals surface area contributed by atoms with Crippen LogP contribution in [0.4, 0.5) is 0 Å². The average Bonchev–Trinajstić information content (AvgIpc) is 2.62. The van der Waals surface area contributed by atoms with Gasteiger partial charge < -0.3 is 0 Å². The molecule has 1 N–H and O–H groups in total. The number of hydrogen-bond acceptors (Lipinski definition) is 3. The van der Waals surface area contributed by atoms with E-state index in [1.54, 1.807) is 24.3 Å². The summed E-state index contributed by atoms with van der Waals surface area (Å²) in [6.07, 6.45) is 10.7. The second kappa shape index (κ2) is 8.38. The number of likely N-dealkylation sites (N-methyl/N-ethyl adjacent to an activating group) is 1. The molecule has 0 unspecified atom stereocenters. The Morgan fingerprint density at radius 1 is 0.960 bits per heavy atom. The van der Waals surface area contributed by atoms with Gasteiger partial charge in [0.05, 0.1) is 4.90 Å². The van der Waals surface area contributed by atoms with Crippen molar-refractivity contribution in [1.29, 1.82) is 0 Å². The predicted octanol–water partition coefficient (Wildman–Crippen LogP) is 4.19. The fourth-order valence-electron chi connectivity index (χ4n) is 4.38. The maximum absolute atomic E-state index is 12.8. The van der Waals surface area contributed by atoms with Gasteiger partial charge in [-0.05, 0) is 57.0 Å². The number of benzene rings is 1. The Morgan fingerprint density at radius 2 is 1.56 bits per heavy atom. The topological polar surface area (TPSA) is 49.4 Å². The molecule has 2 aliphatic rings. The van der Waals surface area contributed by atoms with E-state index in [1.165, 1.54) is 38.5 Å². The van der Waals surface area contributed by atoms with Crippen LogP contribution in [0.1, 0.15) is 57.8 Å². The molecule has 0 bridgehead atoms. The van der Waals surface area contributed by atoms with E-state index in [9.17, 15) is 8.42 Å². The van der Waals surface area contributed by atoms with Gasteiger partial charge >= 0.3 is 0 Å². The molecule has 2 saturated carbocycles. The predicted molar refractivity (Wildman–Crippen MR) is 102 cm³/mol. The largest absolute Gasteiger partial charge is 0.299 e. The highest BCUT2D eigenvalue weighted by atomic mass is 35.5. The van der Waals surface area contributed by atoms with Gasteiger partial charge in [-0.15, -0.1) is 0 Å². The molecule has 0 spiro atoms. The van der Waals surface area contributed by atoms with Crippen LogP contribution in [0.2, 0.25) is 5.02 Å². The van der Waals surface area contributed by atoms with Gasteiger partial charge in [-0.1, -0.05) is 43.7 Å². The monoisotopic (exact) mass is 384 g/mol. The molecule has 0 amide bonds. The number of hydrogen-bond donors (Lipinski definition) is 1. The van der Waals surface area contributed by atoms with Crippen LogP contribution in [0, 0.1) is 0 Å². The Bertz CT molecular complexity index is 657. The van der Waals surface area contributed by atoms with Gasteiger partial charge in [0, 0.05) is 23.1 Å². The molecule has 0 heterocycles. The van der Waals surface area contributed by atoms with Crippen molar-refractivity contribution in [3.63, 3.8) is 0 Å². The molecule has 2 fully saturated rings. The SMILES string of the molecule is CN(C1CCCCC1)[C@H]1CCCC[C@H]1NS(=O)(=O)c1ccc(Cl)cc1. The first-order chi connectivity index (χ1) is 12.0. The van der Waals surface area contributed by atoms with Crippen LogP contribution in [0.15, 0.2) is 29.2 Å². The van der Waals surface area contributed by atoms with Crippen LogP contribution in [-0.4, -0.2) is 38.5 Å². The number of rotatable bonds is 5. The molecule has 3 rings (SSSR count). The summed E-state index contributed by atoms with van der Waals surface area (Å²) in [5, 5.41) is 0.548. The molecule has 4 nitrogen and oxygen atoms in total. The highest BCUT2D eigenvalue weighted by molar-refractivity contribution is 7.89. The Balaban J connectivity index is 1.73. The lowest BCUT2D eigenvalue weighted by Gasteiger charge is -2.43. The van der Waals surface area contributed by atoms with E-state index < -0.39 is 10.0 Å². The van der Waals surface area contributed by atoms with Crippen molar-refractivity contribution in [2.24, 2.45) is 0 Å². The molecule has 0 aromatic heterocycles. The molecule has 140 valence electrons. The molecule has 1 aromatic rings. The minimum atomic E-state index is -3.51. The highest BCUT2D eigenvalue weighted by Crippen LogP contribution is 2.30. The van der Waals surface area contributed by atoms with Crippen LogP contribution in [0.5, 0.6) is 0 Å². The Hall–Kier alpha value is -0.620. The molecule has 6 heteroatoms. The van der Waals surface area contributed by atoms with Gasteiger partial charge in [0.1, 0.15) is 0 Å². The van der Waals surface area contributed by atoms with Crippen molar-refractivity contribution < 1.29 is 8.42 Å². The third-order valence-corrected chi connectivity index (χ3v) is 7.59. The van der Waals surface area contributed by atoms with Crippen LogP contribution in [-0.2, 0) is 10.0 Å². The second-order valence-corrected chi connectivity index (χ2v) is 9.64. The van der Waals surface area contributed by atoms with E-state index in [1.807, 2.05) is 0 Å². The van der Waals surface area contributed by atoms with E-state index in [0.717, 1.165) is 19.3 Å². The van der Waals surface area contributed by atoms with Crippen molar-refractivity contribution in [3.05, 3.63) is 29.3 Å². The fraction of sp³-hybridized carbons (Fsp3) is 0.684. The summed E-state index contributed by atoms with van der Waals surface area (Å²) in [6.45, 7) is 0. The molecule has 2 atom stereocenters. The van der Waals surface area contributed by atoms with Crippen LogP contribution < -0.4 is 4.72 Å². The maximum atomic E-state index is 12.8. The molecule has 1 aromatic carbocycles. The zero-order valence-corrected chi connectivity index (χ0v) is 16.5. The van der Waals surface area contributed by atoms with E-state index >= 15 is 0 Å². The van der Waals surface area contributed by atoms with Gasteiger partial charge in [-0.25, -0.2) is 13.1 Å². The number of halogens is 1. The first-order valence-electron chi connectivity index (χ1n) is 9.47. The van der Waals surface area contributed by atoms with Crippen molar-refractivity contribution in [2.75, 3.05) is 7.05 Å². The first kappa shape index (κ1) is 19.2. The fourth-order valence-corrected chi connectivity index (χ4v) is 5.81. The summed E-state index contributed by atoms with van der Waals surface area (Å²) >= 11 is 5.88. The third kappa shape index (κ3) is 4.76. The summed E-state index contributed by atoms with van der Waals surface area (Å²) < 4.78 is 28.6. The number of nitrogens with one attached hydrogen (secondary N) is 1. The quantitative estimate of drug-likeness (QED) is 0.827. The lowest BCUT2D eigenvalue weighted by Crippen LogP contribution is -2.54. The summed E-state index contributed by atoms with van der Waals surface area (Å²) in [5.41, 5.74) is 0. The highest BCUT2D eigenvalue weighted by Gasteiger charge is 2.34. The maximum Gasteiger partial charge on any atom is 0.240 e. The van der Waals surface area contributed by atoms with Crippen LogP contribution >= 0.6 is 11.6 Å². The van der Waals surface area contributed by atoms with E-state index in [2.05, 4.69) is 16.7 Å². The average molecular weight is 385 g/mol. The zero-order valence-electron chi connectivity index (χ0n) is 15.0. The zero-order chi connectivity index (χ0) is 17.9. The van der Waals surface area contributed by atoms with Crippen molar-refractivity contribution in [3.8, 4) is 0 Å². The van der Waals surface area contributed by atoms with Gasteiger partial charge in [0.2, 0.25) is 10.0 Å². The molecule has 0 radical (unpaired) electrons. The van der Waals surface area contributed by atoms with Gasteiger partial charge in [0.15, 0.2) is 0 Å². The van der Waals surface area contributed by atoms with Crippen molar-refractivity contribution in [2.45, 2.75) is 80.8 Å². The third-order valence-electron chi connectivity index (χ3n) is 5.83. The second-order valence-electron chi connectivity index (χ2n) is 7.49. The molecule has 0 saturated heterocycles. The standard InChI is InChI=1S/C19H29ClN2O2S/c1-22(16-7-3-2-4-8-16)19-10-6-5-9-18(19)21-25(23,24)17-13-11-15(20)12-14-17/h11-14,16,18-19,21H,2-10H2,1H3/t18-,19+/m1/s1. The summed E-state index contributed by atoms with van der Waals surface area (Å²) in [7, 11) is -1.32. The van der Waals surface area contributed by atoms with Crippen molar-refractivity contribution >= 4 is 21.6 Å². The van der Waals surface area contributed by atoms with Crippen molar-refractivity contribution in [1.82, 2.24) is 9.62 Å². The Morgan fingerprint density at radius 3 is 2.24 bits per heavy atom. The smallest absolute Gasteiger partial charge is 0.240 e. The van der Waals surface area contributed by atoms with Gasteiger partial charge in [0.25, 0.3) is 0 Å². The normalized spacial score (nSPS) is 26.0. The minimum Gasteiger partial charge on any atom is -0.299 e. The van der Waals surface area contributed by atoms with E-state index in [-0.39, 0.29) is 6.04 Å². The number of sulfonamides is 1. The molecule has 2 aliphatic carbocycles. The molecular formula is C19H29ClN2O2S. The minimum absolute atomic E-state index is 0.0126. The summed E-state index contributed by atoms with van der Waals surface area (Å²) in [6, 6.07) is 7.28. The van der Waals surface area contributed by atoms with E-state index in [0.29, 0.717) is 22.0 Å². The molecule has 25 heavy (non-hydrogen) atoms. The van der Waals surface area contributed by atoms with Gasteiger partial charge in [-0.2, -0.15) is 0 Å². The van der Waals surface area contributed by atoms with Gasteiger partial charge in [-0.3, -0.25) is 4.90 Å². The van der Waals surface area contributed by atoms with Crippen LogP contribution in [0.3, 0.4) is 0 Å². The first-order valence-corrected chi connectivity index (χ1v) is 11.3.